The van der Waals surface area contributed by atoms with Crippen molar-refractivity contribution < 1.29 is 13.8 Å². The zero-order chi connectivity index (χ0) is 10.3. The Hall–Kier alpha value is -0.0600. The van der Waals surface area contributed by atoms with Crippen LogP contribution in [0.25, 0.3) is 0 Å². The van der Waals surface area contributed by atoms with Gasteiger partial charge >= 0.3 is 8.18 Å². The molecule has 0 radical (unpaired) electrons. The van der Waals surface area contributed by atoms with E-state index in [9.17, 15) is 4.57 Å². The first-order valence-electron chi connectivity index (χ1n) is 4.24. The summed E-state index contributed by atoms with van der Waals surface area (Å²) < 4.78 is 22.9. The average molecular weight is 209 g/mol. The van der Waals surface area contributed by atoms with Gasteiger partial charge in [0.2, 0.25) is 6.29 Å². The van der Waals surface area contributed by atoms with Gasteiger partial charge in [-0.05, 0) is 11.0 Å². The summed E-state index contributed by atoms with van der Waals surface area (Å²) in [6, 6.07) is 0. The summed E-state index contributed by atoms with van der Waals surface area (Å²) >= 11 is 0. The molecular formula is C7H18N2O3P+. The molecule has 0 aromatic rings. The van der Waals surface area contributed by atoms with Crippen molar-refractivity contribution in [1.29, 1.82) is 0 Å². The lowest BCUT2D eigenvalue weighted by Crippen LogP contribution is -2.26. The maximum atomic E-state index is 11.2. The number of nitrogens with two attached hydrogens (primary N) is 1. The molecule has 2 N–H and O–H groups in total. The molecule has 0 rings (SSSR count). The van der Waals surface area contributed by atoms with Crippen molar-refractivity contribution in [1.82, 2.24) is 4.67 Å². The van der Waals surface area contributed by atoms with Crippen molar-refractivity contribution in [3.8, 4) is 0 Å². The SMILES string of the molecule is CCCO[C@@H](CN)O[P+](=O)N(C)C. The standard InChI is InChI=1S/C7H18N2O3P/c1-4-5-11-7(6-8)12-13(10)9(2)3/h7H,4-6,8H2,1-3H3/q+1/t7-/m1/s1. The van der Waals surface area contributed by atoms with Crippen LogP contribution in [0.5, 0.6) is 0 Å². The minimum absolute atomic E-state index is 0.217. The van der Waals surface area contributed by atoms with Crippen molar-refractivity contribution in [3.05, 3.63) is 0 Å². The van der Waals surface area contributed by atoms with E-state index >= 15 is 0 Å². The zero-order valence-corrected chi connectivity index (χ0v) is 9.29. The molecule has 78 valence electrons. The second-order valence-corrected chi connectivity index (χ2v) is 4.21. The first kappa shape index (κ1) is 12.9. The Labute approximate surface area is 80.1 Å². The van der Waals surface area contributed by atoms with Gasteiger partial charge in [-0.25, -0.2) is 0 Å². The van der Waals surface area contributed by atoms with E-state index < -0.39 is 14.5 Å². The Balaban J connectivity index is 3.76. The van der Waals surface area contributed by atoms with Crippen molar-refractivity contribution in [2.24, 2.45) is 5.73 Å². The highest BCUT2D eigenvalue weighted by molar-refractivity contribution is 7.36. The van der Waals surface area contributed by atoms with E-state index in [4.69, 9.17) is 15.0 Å². The molecule has 6 heteroatoms. The van der Waals surface area contributed by atoms with Crippen LogP contribution >= 0.6 is 8.18 Å². The molecule has 0 saturated heterocycles. The van der Waals surface area contributed by atoms with Crippen molar-refractivity contribution >= 4 is 8.18 Å². The number of hydrogen-bond acceptors (Lipinski definition) is 4. The number of rotatable bonds is 7. The summed E-state index contributed by atoms with van der Waals surface area (Å²) in [5.41, 5.74) is 5.36. The van der Waals surface area contributed by atoms with E-state index in [1.165, 1.54) is 4.67 Å². The number of ether oxygens (including phenoxy) is 1. The minimum atomic E-state index is -1.82. The Kier molecular flexibility index (Phi) is 7.32. The van der Waals surface area contributed by atoms with Crippen LogP contribution in [0.15, 0.2) is 0 Å². The van der Waals surface area contributed by atoms with Crippen LogP contribution in [-0.2, 0) is 13.8 Å². The van der Waals surface area contributed by atoms with Crippen molar-refractivity contribution in [2.75, 3.05) is 27.2 Å². The molecule has 0 aromatic heterocycles. The largest absolute Gasteiger partial charge is 0.617 e. The summed E-state index contributed by atoms with van der Waals surface area (Å²) in [7, 11) is 1.52. The molecule has 0 bridgehead atoms. The minimum Gasteiger partial charge on any atom is -0.347 e. The quantitative estimate of drug-likeness (QED) is 0.499. The summed E-state index contributed by atoms with van der Waals surface area (Å²) in [4.78, 5) is 0. The Morgan fingerprint density at radius 1 is 1.54 bits per heavy atom. The van der Waals surface area contributed by atoms with Gasteiger partial charge in [-0.15, -0.1) is 0 Å². The third-order valence-electron chi connectivity index (χ3n) is 1.23. The highest BCUT2D eigenvalue weighted by Crippen LogP contribution is 2.26. The van der Waals surface area contributed by atoms with Gasteiger partial charge in [0.1, 0.15) is 0 Å². The predicted octanol–water partition coefficient (Wildman–Crippen LogP) is 0.933. The molecule has 0 amide bonds. The van der Waals surface area contributed by atoms with E-state index in [2.05, 4.69) is 0 Å². The van der Waals surface area contributed by atoms with Crippen LogP contribution in [-0.4, -0.2) is 38.2 Å². The van der Waals surface area contributed by atoms with Gasteiger partial charge in [-0.2, -0.15) is 0 Å². The molecule has 1 unspecified atom stereocenters. The monoisotopic (exact) mass is 209 g/mol. The fourth-order valence-electron chi connectivity index (χ4n) is 0.586. The third kappa shape index (κ3) is 6.07. The fraction of sp³-hybridized carbons (Fsp3) is 1.00. The second-order valence-electron chi connectivity index (χ2n) is 2.73. The van der Waals surface area contributed by atoms with Gasteiger partial charge < -0.3 is 10.5 Å². The van der Waals surface area contributed by atoms with Crippen LogP contribution in [0.4, 0.5) is 0 Å². The van der Waals surface area contributed by atoms with Gasteiger partial charge in [0.25, 0.3) is 0 Å². The number of hydrogen-bond donors (Lipinski definition) is 1. The topological polar surface area (TPSA) is 64.8 Å². The smallest absolute Gasteiger partial charge is 0.347 e. The van der Waals surface area contributed by atoms with Gasteiger partial charge in [-0.3, -0.25) is 0 Å². The molecule has 0 aliphatic rings. The lowest BCUT2D eigenvalue weighted by atomic mass is 10.5. The van der Waals surface area contributed by atoms with Crippen LogP contribution < -0.4 is 5.73 Å². The molecule has 0 spiro atoms. The normalized spacial score (nSPS) is 14.7. The molecule has 0 aliphatic carbocycles. The maximum Gasteiger partial charge on any atom is 0.617 e. The Morgan fingerprint density at radius 3 is 2.54 bits per heavy atom. The van der Waals surface area contributed by atoms with Gasteiger partial charge in [0.15, 0.2) is 0 Å². The summed E-state index contributed by atoms with van der Waals surface area (Å²) in [6.45, 7) is 2.77. The van der Waals surface area contributed by atoms with Gasteiger partial charge in [0, 0.05) is 27.2 Å². The van der Waals surface area contributed by atoms with Crippen LogP contribution in [0, 0.1) is 0 Å². The summed E-state index contributed by atoms with van der Waals surface area (Å²) in [6.07, 6.45) is 0.324. The third-order valence-corrected chi connectivity index (χ3v) is 2.30. The van der Waals surface area contributed by atoms with Crippen molar-refractivity contribution in [3.63, 3.8) is 0 Å². The van der Waals surface area contributed by atoms with Crippen LogP contribution in [0.2, 0.25) is 0 Å². The second kappa shape index (κ2) is 7.35. The fourth-order valence-corrected chi connectivity index (χ4v) is 1.12. The maximum absolute atomic E-state index is 11.2. The molecule has 0 saturated carbocycles. The van der Waals surface area contributed by atoms with Gasteiger partial charge in [0.05, 0.1) is 0 Å². The summed E-state index contributed by atoms with van der Waals surface area (Å²) in [5.74, 6) is 0. The Bertz CT molecular complexity index is 155. The van der Waals surface area contributed by atoms with E-state index in [0.717, 1.165) is 6.42 Å². The molecule has 2 atom stereocenters. The molecule has 0 aromatic carbocycles. The Morgan fingerprint density at radius 2 is 2.15 bits per heavy atom. The number of nitrogens with zero attached hydrogens (tertiary/aromatic N) is 1. The van der Waals surface area contributed by atoms with Crippen LogP contribution in [0.3, 0.4) is 0 Å². The molecule has 5 nitrogen and oxygen atoms in total. The van der Waals surface area contributed by atoms with Crippen LogP contribution in [0.1, 0.15) is 13.3 Å². The average Bonchev–Trinajstić information content (AvgIpc) is 2.11. The first-order chi connectivity index (χ1) is 6.11. The summed E-state index contributed by atoms with van der Waals surface area (Å²) in [5, 5.41) is 0. The highest BCUT2D eigenvalue weighted by atomic mass is 31.1. The van der Waals surface area contributed by atoms with E-state index in [1.807, 2.05) is 6.92 Å². The van der Waals surface area contributed by atoms with Crippen molar-refractivity contribution in [2.45, 2.75) is 19.6 Å². The molecule has 0 heterocycles. The van der Waals surface area contributed by atoms with Gasteiger partial charge in [-0.1, -0.05) is 16.1 Å². The molecule has 0 fully saturated rings. The lowest BCUT2D eigenvalue weighted by molar-refractivity contribution is -0.0711. The lowest BCUT2D eigenvalue weighted by Gasteiger charge is -2.09. The predicted molar refractivity (Wildman–Crippen MR) is 51.5 cm³/mol. The highest BCUT2D eigenvalue weighted by Gasteiger charge is 2.27. The molecule has 0 aliphatic heterocycles. The van der Waals surface area contributed by atoms with E-state index in [0.29, 0.717) is 6.61 Å². The van der Waals surface area contributed by atoms with E-state index in [-0.39, 0.29) is 6.54 Å². The molecule has 13 heavy (non-hydrogen) atoms. The molecular weight excluding hydrogens is 191 g/mol. The zero-order valence-electron chi connectivity index (χ0n) is 8.40. The van der Waals surface area contributed by atoms with E-state index in [1.54, 1.807) is 14.1 Å². The first-order valence-corrected chi connectivity index (χ1v) is 5.37.